The maximum absolute atomic E-state index is 12.9. The minimum atomic E-state index is -0.860. The largest absolute Gasteiger partial charge is 0.455 e. The Balaban J connectivity index is 1.63. The number of carbonyl (C=O) groups is 1. The SMILES string of the molecule is CCCSc1nnc2c(n1)O[C@@H](c1ccc(-c3cccc(Br)c3)o1)N(C(C)=O)c1ccccc1-2. The lowest BCUT2D eigenvalue weighted by Crippen LogP contribution is -2.35. The standard InChI is InChI=1S/C25H21BrN4O3S/c1-3-13-34-25-27-23-22(28-29-25)18-9-4-5-10-19(18)30(15(2)31)24(33-23)21-12-11-20(32-21)16-7-6-8-17(26)14-16/h4-12,14,24H,3,13H2,1-2H3/t24-/m0/s1. The van der Waals surface area contributed by atoms with Gasteiger partial charge in [0.1, 0.15) is 5.76 Å². The predicted molar refractivity (Wildman–Crippen MR) is 135 cm³/mol. The number of fused-ring (bicyclic) bond motifs is 3. The first-order valence-corrected chi connectivity index (χ1v) is 12.6. The fourth-order valence-corrected chi connectivity index (χ4v) is 4.81. The Bertz CT molecular complexity index is 1360. The van der Waals surface area contributed by atoms with E-state index in [9.17, 15) is 4.79 Å². The van der Waals surface area contributed by atoms with Gasteiger partial charge in [-0.1, -0.05) is 64.9 Å². The summed E-state index contributed by atoms with van der Waals surface area (Å²) in [6.45, 7) is 3.60. The van der Waals surface area contributed by atoms with Gasteiger partial charge in [0.05, 0.1) is 5.69 Å². The van der Waals surface area contributed by atoms with Crippen molar-refractivity contribution in [2.45, 2.75) is 31.7 Å². The molecule has 34 heavy (non-hydrogen) atoms. The van der Waals surface area contributed by atoms with Gasteiger partial charge in [0, 0.05) is 28.3 Å². The van der Waals surface area contributed by atoms with Gasteiger partial charge < -0.3 is 9.15 Å². The van der Waals surface area contributed by atoms with E-state index < -0.39 is 6.23 Å². The molecule has 3 heterocycles. The molecule has 2 aromatic carbocycles. The molecule has 0 saturated heterocycles. The fraction of sp³-hybridized carbons (Fsp3) is 0.200. The van der Waals surface area contributed by atoms with Crippen molar-refractivity contribution in [2.75, 3.05) is 10.7 Å². The van der Waals surface area contributed by atoms with Gasteiger partial charge in [-0.2, -0.15) is 4.98 Å². The van der Waals surface area contributed by atoms with E-state index in [2.05, 4.69) is 38.0 Å². The first kappa shape index (κ1) is 22.6. The zero-order valence-electron chi connectivity index (χ0n) is 18.6. The van der Waals surface area contributed by atoms with Crippen LogP contribution in [-0.2, 0) is 4.79 Å². The lowest BCUT2D eigenvalue weighted by molar-refractivity contribution is -0.118. The van der Waals surface area contributed by atoms with Gasteiger partial charge in [-0.15, -0.1) is 10.2 Å². The summed E-state index contributed by atoms with van der Waals surface area (Å²) in [5, 5.41) is 9.24. The monoisotopic (exact) mass is 536 g/mol. The Kier molecular flexibility index (Phi) is 6.38. The minimum Gasteiger partial charge on any atom is -0.455 e. The molecule has 7 nitrogen and oxygen atoms in total. The van der Waals surface area contributed by atoms with E-state index in [-0.39, 0.29) is 5.91 Å². The van der Waals surface area contributed by atoms with E-state index in [1.807, 2.05) is 60.7 Å². The maximum atomic E-state index is 12.9. The van der Waals surface area contributed by atoms with E-state index in [0.29, 0.717) is 33.9 Å². The fourth-order valence-electron chi connectivity index (χ4n) is 3.77. The van der Waals surface area contributed by atoms with E-state index in [1.54, 1.807) is 4.90 Å². The summed E-state index contributed by atoms with van der Waals surface area (Å²) in [7, 11) is 0. The molecule has 1 aliphatic rings. The summed E-state index contributed by atoms with van der Waals surface area (Å²) >= 11 is 5.02. The van der Waals surface area contributed by atoms with Gasteiger partial charge in [0.25, 0.3) is 0 Å². The molecule has 0 bridgehead atoms. The lowest BCUT2D eigenvalue weighted by Gasteiger charge is -2.28. The Morgan fingerprint density at radius 1 is 1.12 bits per heavy atom. The van der Waals surface area contributed by atoms with Gasteiger partial charge in [-0.05, 0) is 36.8 Å². The normalized spacial score (nSPS) is 14.7. The number of para-hydroxylation sites is 1. The number of thioether (sulfide) groups is 1. The molecule has 0 unspecified atom stereocenters. The summed E-state index contributed by atoms with van der Waals surface area (Å²) in [6, 6.07) is 19.0. The molecular formula is C25H21BrN4O3S. The van der Waals surface area contributed by atoms with Crippen molar-refractivity contribution in [3.05, 3.63) is 70.9 Å². The summed E-state index contributed by atoms with van der Waals surface area (Å²) in [5.74, 6) is 2.14. The third kappa shape index (κ3) is 4.33. The second-order valence-corrected chi connectivity index (χ2v) is 9.66. The van der Waals surface area contributed by atoms with Crippen LogP contribution in [0.25, 0.3) is 22.6 Å². The number of halogens is 1. The van der Waals surface area contributed by atoms with Crippen molar-refractivity contribution < 1.29 is 13.9 Å². The average molecular weight is 537 g/mol. The Labute approximate surface area is 209 Å². The molecule has 1 aliphatic heterocycles. The van der Waals surface area contributed by atoms with Gasteiger partial charge in [0.15, 0.2) is 11.5 Å². The first-order valence-electron chi connectivity index (χ1n) is 10.8. The summed E-state index contributed by atoms with van der Waals surface area (Å²) in [4.78, 5) is 19.1. The number of amides is 1. The molecule has 5 rings (SSSR count). The molecule has 0 fully saturated rings. The van der Waals surface area contributed by atoms with Gasteiger partial charge in [-0.3, -0.25) is 9.69 Å². The summed E-state index contributed by atoms with van der Waals surface area (Å²) in [5.41, 5.74) is 2.78. The van der Waals surface area contributed by atoms with Crippen molar-refractivity contribution >= 4 is 39.3 Å². The van der Waals surface area contributed by atoms with Crippen LogP contribution in [0.4, 0.5) is 5.69 Å². The maximum Gasteiger partial charge on any atom is 0.247 e. The molecule has 1 atom stereocenters. The molecule has 172 valence electrons. The first-order chi connectivity index (χ1) is 16.5. The smallest absolute Gasteiger partial charge is 0.247 e. The van der Waals surface area contributed by atoms with Crippen molar-refractivity contribution in [3.63, 3.8) is 0 Å². The van der Waals surface area contributed by atoms with Crippen molar-refractivity contribution in [3.8, 4) is 28.5 Å². The zero-order chi connectivity index (χ0) is 23.7. The number of hydrogen-bond donors (Lipinski definition) is 0. The predicted octanol–water partition coefficient (Wildman–Crippen LogP) is 6.51. The highest BCUT2D eigenvalue weighted by molar-refractivity contribution is 9.10. The number of furan rings is 1. The third-order valence-electron chi connectivity index (χ3n) is 5.27. The number of nitrogens with zero attached hydrogens (tertiary/aromatic N) is 4. The second kappa shape index (κ2) is 9.60. The Hall–Kier alpha value is -3.17. The minimum absolute atomic E-state index is 0.195. The highest BCUT2D eigenvalue weighted by atomic mass is 79.9. The molecule has 9 heteroatoms. The van der Waals surface area contributed by atoms with E-state index >= 15 is 0 Å². The molecule has 0 radical (unpaired) electrons. The number of anilines is 1. The number of carbonyl (C=O) groups excluding carboxylic acids is 1. The van der Waals surface area contributed by atoms with Gasteiger partial charge >= 0.3 is 0 Å². The van der Waals surface area contributed by atoms with Crippen LogP contribution in [0.15, 0.2) is 74.7 Å². The van der Waals surface area contributed by atoms with Crippen LogP contribution < -0.4 is 9.64 Å². The van der Waals surface area contributed by atoms with Crippen LogP contribution in [0.2, 0.25) is 0 Å². The number of rotatable bonds is 5. The molecular weight excluding hydrogens is 516 g/mol. The van der Waals surface area contributed by atoms with E-state index in [0.717, 1.165) is 27.8 Å². The van der Waals surface area contributed by atoms with Crippen molar-refractivity contribution in [2.24, 2.45) is 0 Å². The van der Waals surface area contributed by atoms with Crippen LogP contribution >= 0.6 is 27.7 Å². The highest BCUT2D eigenvalue weighted by Gasteiger charge is 2.36. The zero-order valence-corrected chi connectivity index (χ0v) is 21.0. The molecule has 0 saturated carbocycles. The van der Waals surface area contributed by atoms with Gasteiger partial charge in [-0.25, -0.2) is 0 Å². The average Bonchev–Trinajstić information content (AvgIpc) is 3.27. The molecule has 0 aliphatic carbocycles. The molecule has 0 spiro atoms. The van der Waals surface area contributed by atoms with Crippen LogP contribution in [0, 0.1) is 0 Å². The second-order valence-electron chi connectivity index (χ2n) is 7.69. The van der Waals surface area contributed by atoms with Gasteiger partial charge in [0.2, 0.25) is 23.2 Å². The van der Waals surface area contributed by atoms with E-state index in [4.69, 9.17) is 9.15 Å². The summed E-state index contributed by atoms with van der Waals surface area (Å²) < 4.78 is 13.5. The molecule has 0 N–H and O–H groups in total. The number of hydrogen-bond acceptors (Lipinski definition) is 7. The molecule has 1 amide bonds. The molecule has 2 aromatic heterocycles. The van der Waals surface area contributed by atoms with Crippen LogP contribution in [0.3, 0.4) is 0 Å². The third-order valence-corrected chi connectivity index (χ3v) is 6.80. The van der Waals surface area contributed by atoms with Crippen molar-refractivity contribution in [1.82, 2.24) is 15.2 Å². The number of aromatic nitrogens is 3. The number of ether oxygens (including phenoxy) is 1. The summed E-state index contributed by atoms with van der Waals surface area (Å²) in [6.07, 6.45) is 0.127. The van der Waals surface area contributed by atoms with Crippen LogP contribution in [0.1, 0.15) is 32.3 Å². The Morgan fingerprint density at radius 2 is 1.97 bits per heavy atom. The van der Waals surface area contributed by atoms with Crippen LogP contribution in [0.5, 0.6) is 5.88 Å². The Morgan fingerprint density at radius 3 is 2.76 bits per heavy atom. The lowest BCUT2D eigenvalue weighted by atomic mass is 10.1. The van der Waals surface area contributed by atoms with Crippen molar-refractivity contribution in [1.29, 1.82) is 0 Å². The topological polar surface area (TPSA) is 81.3 Å². The van der Waals surface area contributed by atoms with E-state index in [1.165, 1.54) is 18.7 Å². The van der Waals surface area contributed by atoms with Crippen LogP contribution in [-0.4, -0.2) is 26.8 Å². The number of benzene rings is 2. The highest BCUT2D eigenvalue weighted by Crippen LogP contribution is 2.44. The molecule has 4 aromatic rings. The quantitative estimate of drug-likeness (QED) is 0.269.